The van der Waals surface area contributed by atoms with Gasteiger partial charge in [0, 0.05) is 38.9 Å². The zero-order chi connectivity index (χ0) is 23.3. The van der Waals surface area contributed by atoms with Crippen LogP contribution >= 0.6 is 0 Å². The molecule has 0 aliphatic heterocycles. The molecule has 1 radical (unpaired) electrons. The van der Waals surface area contributed by atoms with E-state index in [1.807, 2.05) is 66.2 Å². The zero-order valence-electron chi connectivity index (χ0n) is 17.6. The molecule has 34 heavy (non-hydrogen) atoms. The Balaban J connectivity index is 0.000000188. The summed E-state index contributed by atoms with van der Waals surface area (Å²) >= 11 is 0. The third kappa shape index (κ3) is 5.80. The van der Waals surface area contributed by atoms with E-state index in [1.165, 1.54) is 12.3 Å². The number of rotatable bonds is 3. The largest absolute Gasteiger partial charge is 0.429 e. The molecular weight excluding hydrogens is 624 g/mol. The minimum Gasteiger partial charge on any atom is -0.413 e. The Hall–Kier alpha value is -3.69. The van der Waals surface area contributed by atoms with Crippen molar-refractivity contribution in [2.45, 2.75) is 6.18 Å². The summed E-state index contributed by atoms with van der Waals surface area (Å²) in [7, 11) is 1.97. The van der Waals surface area contributed by atoms with Crippen molar-refractivity contribution in [2.75, 3.05) is 0 Å². The molecule has 0 unspecified atom stereocenters. The first-order valence-corrected chi connectivity index (χ1v) is 9.71. The van der Waals surface area contributed by atoms with Gasteiger partial charge in [-0.05, 0) is 18.0 Å². The topological polar surface area (TPSA) is 83.5 Å². The molecule has 3 aromatic heterocycles. The Bertz CT molecular complexity index is 1250. The molecule has 0 saturated heterocycles. The van der Waals surface area contributed by atoms with Crippen LogP contribution in [0.2, 0.25) is 0 Å². The van der Waals surface area contributed by atoms with Crippen molar-refractivity contribution in [3.63, 3.8) is 0 Å². The SMILES string of the molecule is Cn1c(-c2[c-]cccc2)nnc1-c1ccccc1.FC(F)(F)c1n[n-]c(-c2ccccn2)n1.[Ir]. The summed E-state index contributed by atoms with van der Waals surface area (Å²) in [6.45, 7) is 0. The number of alkyl halides is 3. The van der Waals surface area contributed by atoms with Gasteiger partial charge < -0.3 is 14.6 Å². The van der Waals surface area contributed by atoms with Gasteiger partial charge in [0.1, 0.15) is 5.82 Å². The van der Waals surface area contributed by atoms with Gasteiger partial charge in [-0.1, -0.05) is 36.4 Å². The second-order valence-corrected chi connectivity index (χ2v) is 6.72. The Kier molecular flexibility index (Phi) is 8.03. The Morgan fingerprint density at radius 1 is 0.882 bits per heavy atom. The summed E-state index contributed by atoms with van der Waals surface area (Å²) in [4.78, 5) is 7.05. The van der Waals surface area contributed by atoms with Gasteiger partial charge in [0.15, 0.2) is 5.82 Å². The van der Waals surface area contributed by atoms with E-state index in [4.69, 9.17) is 0 Å². The van der Waals surface area contributed by atoms with Crippen molar-refractivity contribution in [1.82, 2.24) is 34.9 Å². The summed E-state index contributed by atoms with van der Waals surface area (Å²) < 4.78 is 38.4. The standard InChI is InChI=1S/C15H12N3.C8H4F3N4.Ir/c1-18-14(12-8-4-2-5-9-12)16-17-15(18)13-10-6-3-7-11-13;9-8(10,11)7-13-6(14-15-7)5-3-1-2-4-12-5;/h2-10H,1H3;1-4H;/q2*-1;. The van der Waals surface area contributed by atoms with E-state index in [9.17, 15) is 13.2 Å². The quantitative estimate of drug-likeness (QED) is 0.271. The first-order valence-electron chi connectivity index (χ1n) is 9.71. The normalized spacial score (nSPS) is 10.7. The summed E-state index contributed by atoms with van der Waals surface area (Å²) in [5.41, 5.74) is 2.28. The van der Waals surface area contributed by atoms with Gasteiger partial charge in [0.2, 0.25) is 0 Å². The van der Waals surface area contributed by atoms with Crippen LogP contribution in [0.1, 0.15) is 5.82 Å². The van der Waals surface area contributed by atoms with E-state index in [0.717, 1.165) is 22.8 Å². The smallest absolute Gasteiger partial charge is 0.413 e. The molecule has 0 atom stereocenters. The van der Waals surface area contributed by atoms with Gasteiger partial charge in [-0.2, -0.15) is 18.3 Å². The fraction of sp³-hybridized carbons (Fsp3) is 0.0870. The minimum absolute atomic E-state index is 0. The van der Waals surface area contributed by atoms with E-state index in [2.05, 4.69) is 36.4 Å². The van der Waals surface area contributed by atoms with Gasteiger partial charge >= 0.3 is 6.18 Å². The fourth-order valence-corrected chi connectivity index (χ4v) is 2.90. The van der Waals surface area contributed by atoms with E-state index in [1.54, 1.807) is 12.1 Å². The summed E-state index contributed by atoms with van der Waals surface area (Å²) in [5.74, 6) is 0.323. The van der Waals surface area contributed by atoms with Gasteiger partial charge in [0.25, 0.3) is 0 Å². The van der Waals surface area contributed by atoms with Crippen LogP contribution < -0.4 is 5.10 Å². The molecule has 0 aliphatic carbocycles. The second kappa shape index (κ2) is 11.0. The maximum absolute atomic E-state index is 12.1. The Morgan fingerprint density at radius 3 is 2.21 bits per heavy atom. The van der Waals surface area contributed by atoms with E-state index < -0.39 is 12.0 Å². The van der Waals surface area contributed by atoms with Crippen LogP contribution in [0.3, 0.4) is 0 Å². The third-order valence-corrected chi connectivity index (χ3v) is 4.46. The summed E-state index contributed by atoms with van der Waals surface area (Å²) in [6, 6.07) is 25.8. The number of hydrogen-bond acceptors (Lipinski definition) is 5. The van der Waals surface area contributed by atoms with E-state index >= 15 is 0 Å². The molecule has 11 heteroatoms. The zero-order valence-corrected chi connectivity index (χ0v) is 20.0. The second-order valence-electron chi connectivity index (χ2n) is 6.72. The number of halogens is 3. The molecule has 0 fully saturated rings. The molecule has 175 valence electrons. The van der Waals surface area contributed by atoms with Gasteiger partial charge in [-0.15, -0.1) is 41.0 Å². The summed E-state index contributed by atoms with van der Waals surface area (Å²) in [5, 5.41) is 14.7. The van der Waals surface area contributed by atoms with Crippen molar-refractivity contribution < 1.29 is 33.3 Å². The number of nitrogens with zero attached hydrogens (tertiary/aromatic N) is 7. The number of pyridine rings is 1. The predicted octanol–water partition coefficient (Wildman–Crippen LogP) is 4.46. The fourth-order valence-electron chi connectivity index (χ4n) is 2.90. The van der Waals surface area contributed by atoms with E-state index in [-0.39, 0.29) is 31.6 Å². The van der Waals surface area contributed by atoms with Crippen molar-refractivity contribution in [1.29, 1.82) is 0 Å². The molecule has 0 aliphatic rings. The number of hydrogen-bond donors (Lipinski definition) is 0. The van der Waals surface area contributed by atoms with Crippen LogP contribution in [-0.4, -0.2) is 29.8 Å². The van der Waals surface area contributed by atoms with Crippen molar-refractivity contribution in [3.8, 4) is 34.3 Å². The molecular formula is C23H16F3IrN7-2. The molecule has 5 aromatic rings. The Morgan fingerprint density at radius 2 is 1.59 bits per heavy atom. The average molecular weight is 640 g/mol. The van der Waals surface area contributed by atoms with Crippen molar-refractivity contribution in [3.05, 3.63) is 90.9 Å². The molecule has 2 aromatic carbocycles. The molecule has 0 spiro atoms. The van der Waals surface area contributed by atoms with Gasteiger partial charge in [-0.25, -0.2) is 0 Å². The van der Waals surface area contributed by atoms with E-state index in [0.29, 0.717) is 0 Å². The first kappa shape index (κ1) is 24.9. The molecule has 0 N–H and O–H groups in total. The Labute approximate surface area is 206 Å². The maximum atomic E-state index is 12.1. The molecule has 3 heterocycles. The maximum Gasteiger partial charge on any atom is 0.429 e. The average Bonchev–Trinajstić information content (AvgIpc) is 3.49. The molecule has 0 saturated carbocycles. The van der Waals surface area contributed by atoms with Crippen LogP contribution in [0.15, 0.2) is 79.0 Å². The number of aromatic nitrogens is 7. The molecule has 0 amide bonds. The van der Waals surface area contributed by atoms with Crippen LogP contribution in [0.4, 0.5) is 13.2 Å². The first-order chi connectivity index (χ1) is 15.9. The molecule has 5 rings (SSSR count). The number of benzene rings is 2. The van der Waals surface area contributed by atoms with Crippen LogP contribution in [0, 0.1) is 6.07 Å². The molecule has 0 bridgehead atoms. The third-order valence-electron chi connectivity index (χ3n) is 4.46. The molecule has 7 nitrogen and oxygen atoms in total. The van der Waals surface area contributed by atoms with Crippen molar-refractivity contribution >= 4 is 0 Å². The van der Waals surface area contributed by atoms with Crippen molar-refractivity contribution in [2.24, 2.45) is 7.05 Å². The monoisotopic (exact) mass is 640 g/mol. The van der Waals surface area contributed by atoms with Gasteiger partial charge in [-0.3, -0.25) is 10.1 Å². The van der Waals surface area contributed by atoms with Crippen LogP contribution in [-0.2, 0) is 33.3 Å². The predicted molar refractivity (Wildman–Crippen MR) is 114 cm³/mol. The minimum atomic E-state index is -4.57. The van der Waals surface area contributed by atoms with Gasteiger partial charge in [0.05, 0.1) is 11.5 Å². The van der Waals surface area contributed by atoms with Crippen LogP contribution in [0.25, 0.3) is 34.3 Å². The van der Waals surface area contributed by atoms with Crippen LogP contribution in [0.5, 0.6) is 0 Å². The summed E-state index contributed by atoms with van der Waals surface area (Å²) in [6.07, 6.45) is -3.13.